The molecule has 3 fully saturated rings. The van der Waals surface area contributed by atoms with Crippen LogP contribution in [0.4, 0.5) is 0 Å². The van der Waals surface area contributed by atoms with Crippen molar-refractivity contribution in [3.8, 4) is 0 Å². The molecule has 0 bridgehead atoms. The first-order chi connectivity index (χ1) is 12.8. The van der Waals surface area contributed by atoms with Crippen molar-refractivity contribution < 1.29 is 15.0 Å². The summed E-state index contributed by atoms with van der Waals surface area (Å²) in [5.41, 5.74) is 2.27. The second-order valence-electron chi connectivity index (χ2n) is 10.8. The van der Waals surface area contributed by atoms with Crippen LogP contribution in [-0.4, -0.2) is 22.3 Å². The average Bonchev–Trinajstić information content (AvgIpc) is 2.97. The third-order valence-corrected chi connectivity index (χ3v) is 9.65. The van der Waals surface area contributed by atoms with Crippen LogP contribution < -0.4 is 0 Å². The first-order valence-corrected chi connectivity index (χ1v) is 11.3. The number of hydrogen-bond donors (Lipinski definition) is 2. The zero-order valence-corrected chi connectivity index (χ0v) is 17.4. The molecule has 0 saturated heterocycles. The Morgan fingerprint density at radius 2 is 1.96 bits per heavy atom. The van der Waals surface area contributed by atoms with Crippen LogP contribution in [0.2, 0.25) is 0 Å². The minimum atomic E-state index is -0.650. The fraction of sp³-hybridized carbons (Fsp3) is 0.875. The summed E-state index contributed by atoms with van der Waals surface area (Å²) >= 11 is 0. The molecule has 4 aliphatic carbocycles. The first-order valence-electron chi connectivity index (χ1n) is 11.3. The SMILES string of the molecule is CC(CCC(=O)O)[C@H]1CCC2C3CC=C4CC(O)CC[C@]4(C)C3CC[C@@]21C. The predicted octanol–water partition coefficient (Wildman–Crippen LogP) is 5.43. The highest BCUT2D eigenvalue weighted by atomic mass is 16.4. The molecule has 4 rings (SSSR count). The highest BCUT2D eigenvalue weighted by Crippen LogP contribution is 2.67. The molecule has 0 amide bonds. The number of aliphatic hydroxyl groups excluding tert-OH is 1. The van der Waals surface area contributed by atoms with Gasteiger partial charge in [0.2, 0.25) is 0 Å². The minimum Gasteiger partial charge on any atom is -0.481 e. The van der Waals surface area contributed by atoms with E-state index in [0.29, 0.717) is 29.1 Å². The number of allylic oxidation sites excluding steroid dienone is 1. The maximum Gasteiger partial charge on any atom is 0.303 e. The summed E-state index contributed by atoms with van der Waals surface area (Å²) in [6.45, 7) is 7.33. The van der Waals surface area contributed by atoms with Crippen molar-refractivity contribution in [3.63, 3.8) is 0 Å². The van der Waals surface area contributed by atoms with Crippen LogP contribution in [-0.2, 0) is 4.79 Å². The van der Waals surface area contributed by atoms with Gasteiger partial charge >= 0.3 is 5.97 Å². The van der Waals surface area contributed by atoms with Crippen LogP contribution in [0.3, 0.4) is 0 Å². The van der Waals surface area contributed by atoms with Gasteiger partial charge in [0.25, 0.3) is 0 Å². The zero-order chi connectivity index (χ0) is 19.4. The summed E-state index contributed by atoms with van der Waals surface area (Å²) in [5, 5.41) is 19.2. The van der Waals surface area contributed by atoms with Gasteiger partial charge in [-0.3, -0.25) is 4.79 Å². The lowest BCUT2D eigenvalue weighted by Gasteiger charge is -2.58. The lowest BCUT2D eigenvalue weighted by molar-refractivity contribution is -0.137. The predicted molar refractivity (Wildman–Crippen MR) is 107 cm³/mol. The van der Waals surface area contributed by atoms with Gasteiger partial charge in [-0.2, -0.15) is 0 Å². The van der Waals surface area contributed by atoms with Crippen LogP contribution in [0.15, 0.2) is 11.6 Å². The largest absolute Gasteiger partial charge is 0.481 e. The van der Waals surface area contributed by atoms with Crippen molar-refractivity contribution in [2.24, 2.45) is 40.4 Å². The van der Waals surface area contributed by atoms with Crippen molar-refractivity contribution in [3.05, 3.63) is 11.6 Å². The van der Waals surface area contributed by atoms with Gasteiger partial charge in [0, 0.05) is 6.42 Å². The van der Waals surface area contributed by atoms with Crippen molar-refractivity contribution in [1.29, 1.82) is 0 Å². The van der Waals surface area contributed by atoms with E-state index in [1.165, 1.54) is 32.1 Å². The summed E-state index contributed by atoms with van der Waals surface area (Å²) in [6, 6.07) is 0. The van der Waals surface area contributed by atoms with Crippen molar-refractivity contribution in [2.75, 3.05) is 0 Å². The second-order valence-corrected chi connectivity index (χ2v) is 10.8. The van der Waals surface area contributed by atoms with Crippen LogP contribution in [0.25, 0.3) is 0 Å². The highest BCUT2D eigenvalue weighted by Gasteiger charge is 2.59. The molecule has 3 nitrogen and oxygen atoms in total. The van der Waals surface area contributed by atoms with Crippen molar-refractivity contribution in [2.45, 2.75) is 91.1 Å². The van der Waals surface area contributed by atoms with E-state index in [1.807, 2.05) is 0 Å². The number of aliphatic carboxylic acids is 1. The molecule has 4 aliphatic rings. The van der Waals surface area contributed by atoms with Crippen LogP contribution in [0.1, 0.15) is 85.0 Å². The highest BCUT2D eigenvalue weighted by molar-refractivity contribution is 5.66. The van der Waals surface area contributed by atoms with E-state index < -0.39 is 5.97 Å². The van der Waals surface area contributed by atoms with E-state index in [0.717, 1.165) is 43.4 Å². The minimum absolute atomic E-state index is 0.124. The molecule has 0 aromatic heterocycles. The molecule has 27 heavy (non-hydrogen) atoms. The van der Waals surface area contributed by atoms with Gasteiger partial charge in [0.1, 0.15) is 0 Å². The molecule has 0 spiro atoms. The molecule has 152 valence electrons. The van der Waals surface area contributed by atoms with Gasteiger partial charge in [-0.1, -0.05) is 32.4 Å². The number of carboxylic acids is 1. The first kappa shape index (κ1) is 19.5. The fourth-order valence-electron chi connectivity index (χ4n) is 8.17. The average molecular weight is 375 g/mol. The van der Waals surface area contributed by atoms with Gasteiger partial charge in [0.05, 0.1) is 6.10 Å². The van der Waals surface area contributed by atoms with E-state index in [9.17, 15) is 9.90 Å². The molecule has 3 heteroatoms. The Bertz CT molecular complexity index is 625. The molecular formula is C24H38O3. The van der Waals surface area contributed by atoms with Gasteiger partial charge < -0.3 is 10.2 Å². The number of aliphatic hydroxyl groups is 1. The maximum absolute atomic E-state index is 11.0. The van der Waals surface area contributed by atoms with E-state index >= 15 is 0 Å². The molecule has 2 N–H and O–H groups in total. The Balaban J connectivity index is 1.54. The standard InChI is InChI=1S/C24H38O3/c1-15(4-9-22(26)27)19-7-8-20-18-6-5-16-14-17(25)10-12-23(16,2)21(18)11-13-24(19,20)3/h5,15,17-21,25H,4,6-14H2,1-3H3,(H,26,27)/t15?,17?,18?,19-,20?,21?,23+,24-/m1/s1. The van der Waals surface area contributed by atoms with Crippen LogP contribution >= 0.6 is 0 Å². The number of fused-ring (bicyclic) bond motifs is 5. The summed E-state index contributed by atoms with van der Waals surface area (Å²) in [5.74, 6) is 2.94. The molecular weight excluding hydrogens is 336 g/mol. The summed E-state index contributed by atoms with van der Waals surface area (Å²) in [4.78, 5) is 11.0. The normalized spacial score (nSPS) is 47.4. The molecule has 0 radical (unpaired) electrons. The topological polar surface area (TPSA) is 57.5 Å². The smallest absolute Gasteiger partial charge is 0.303 e. The fourth-order valence-corrected chi connectivity index (χ4v) is 8.17. The van der Waals surface area contributed by atoms with E-state index in [1.54, 1.807) is 5.57 Å². The van der Waals surface area contributed by atoms with Gasteiger partial charge in [-0.25, -0.2) is 0 Å². The van der Waals surface area contributed by atoms with Crippen molar-refractivity contribution in [1.82, 2.24) is 0 Å². The molecule has 0 aliphatic heterocycles. The number of carboxylic acid groups (broad SMARTS) is 1. The van der Waals surface area contributed by atoms with Crippen molar-refractivity contribution >= 4 is 5.97 Å². The third kappa shape index (κ3) is 3.09. The molecule has 0 aromatic rings. The second kappa shape index (κ2) is 6.90. The maximum atomic E-state index is 11.0. The molecule has 8 atom stereocenters. The Morgan fingerprint density at radius 1 is 1.19 bits per heavy atom. The van der Waals surface area contributed by atoms with Gasteiger partial charge in [0.15, 0.2) is 0 Å². The zero-order valence-electron chi connectivity index (χ0n) is 17.4. The monoisotopic (exact) mass is 374 g/mol. The number of carbonyl (C=O) groups is 1. The molecule has 3 saturated carbocycles. The summed E-state index contributed by atoms with van der Waals surface area (Å²) in [6.07, 6.45) is 13.0. The van der Waals surface area contributed by atoms with Crippen LogP contribution in [0, 0.1) is 40.4 Å². The van der Waals surface area contributed by atoms with E-state index in [2.05, 4.69) is 26.8 Å². The molecule has 0 aromatic carbocycles. The quantitative estimate of drug-likeness (QED) is 0.645. The number of rotatable bonds is 4. The van der Waals surface area contributed by atoms with E-state index in [-0.39, 0.29) is 6.10 Å². The van der Waals surface area contributed by atoms with Gasteiger partial charge in [-0.15, -0.1) is 0 Å². The summed E-state index contributed by atoms with van der Waals surface area (Å²) < 4.78 is 0. The number of hydrogen-bond acceptors (Lipinski definition) is 2. The Hall–Kier alpha value is -0.830. The lowest BCUT2D eigenvalue weighted by atomic mass is 9.47. The Kier molecular flexibility index (Phi) is 4.98. The third-order valence-electron chi connectivity index (χ3n) is 9.65. The Morgan fingerprint density at radius 3 is 2.70 bits per heavy atom. The lowest BCUT2D eigenvalue weighted by Crippen LogP contribution is -2.50. The van der Waals surface area contributed by atoms with Gasteiger partial charge in [-0.05, 0) is 98.2 Å². The van der Waals surface area contributed by atoms with E-state index in [4.69, 9.17) is 5.11 Å². The van der Waals surface area contributed by atoms with Crippen LogP contribution in [0.5, 0.6) is 0 Å². The Labute approximate surface area is 164 Å². The summed E-state index contributed by atoms with van der Waals surface area (Å²) in [7, 11) is 0. The molecule has 0 heterocycles. The molecule has 5 unspecified atom stereocenters.